The zero-order valence-electron chi connectivity index (χ0n) is 6.61. The van der Waals surface area contributed by atoms with Crippen molar-refractivity contribution in [1.82, 2.24) is 0 Å². The molecular weight excluding hydrogens is 166 g/mol. The van der Waals surface area contributed by atoms with Crippen LogP contribution in [-0.2, 0) is 14.4 Å². The predicted octanol–water partition coefficient (Wildman–Crippen LogP) is -0.920. The van der Waals surface area contributed by atoms with Gasteiger partial charge in [0.15, 0.2) is 0 Å². The van der Waals surface area contributed by atoms with Crippen LogP contribution in [0.15, 0.2) is 0 Å². The van der Waals surface area contributed by atoms with Crippen LogP contribution in [0.3, 0.4) is 0 Å². The Morgan fingerprint density at radius 1 is 1.25 bits per heavy atom. The summed E-state index contributed by atoms with van der Waals surface area (Å²) in [5.74, 6) is -3.04. The maximum atomic E-state index is 9.54. The minimum Gasteiger partial charge on any atom is -0.481 e. The van der Waals surface area contributed by atoms with E-state index in [1.807, 2.05) is 0 Å². The van der Waals surface area contributed by atoms with Gasteiger partial charge in [-0.1, -0.05) is 0 Å². The summed E-state index contributed by atoms with van der Waals surface area (Å²) in [6.45, 7) is 1.23. The number of aliphatic carboxylic acids is 2. The summed E-state index contributed by atoms with van der Waals surface area (Å²) in [7, 11) is 0. The average Bonchev–Trinajstić information content (AvgIpc) is 1.87. The van der Waals surface area contributed by atoms with E-state index in [0.29, 0.717) is 0 Å². The first-order chi connectivity index (χ1) is 5.41. The molecule has 0 aliphatic rings. The molecule has 0 saturated carbocycles. The van der Waals surface area contributed by atoms with Crippen LogP contribution in [0.5, 0.6) is 0 Å². The van der Waals surface area contributed by atoms with E-state index in [0.717, 1.165) is 6.92 Å². The smallest absolute Gasteiger partial charge is 0.371 e. The number of carboxylic acids is 2. The predicted molar refractivity (Wildman–Crippen MR) is 39.6 cm³/mol. The number of carboxylic acid groups (broad SMARTS) is 2. The van der Waals surface area contributed by atoms with Crippen molar-refractivity contribution in [2.24, 2.45) is 5.73 Å². The lowest BCUT2D eigenvalue weighted by Gasteiger charge is -1.80. The van der Waals surface area contributed by atoms with E-state index in [2.05, 4.69) is 0 Å². The Hall–Kier alpha value is -1.43. The van der Waals surface area contributed by atoms with Crippen molar-refractivity contribution < 1.29 is 24.6 Å². The molecule has 0 fully saturated rings. The van der Waals surface area contributed by atoms with Crippen molar-refractivity contribution >= 4 is 17.7 Å². The Bertz CT molecular complexity index is 165. The molecule has 6 nitrogen and oxygen atoms in total. The van der Waals surface area contributed by atoms with E-state index in [1.54, 1.807) is 0 Å². The quantitative estimate of drug-likeness (QED) is 0.480. The van der Waals surface area contributed by atoms with Gasteiger partial charge in [0, 0.05) is 13.5 Å². The van der Waals surface area contributed by atoms with Gasteiger partial charge in [0.2, 0.25) is 5.78 Å². The van der Waals surface area contributed by atoms with Crippen LogP contribution < -0.4 is 5.73 Å². The number of rotatable bonds is 3. The topological polar surface area (TPSA) is 118 Å². The molecule has 4 N–H and O–H groups in total. The molecule has 0 aliphatic carbocycles. The lowest BCUT2D eigenvalue weighted by molar-refractivity contribution is -0.148. The highest BCUT2D eigenvalue weighted by Gasteiger charge is 1.98. The highest BCUT2D eigenvalue weighted by molar-refractivity contribution is 6.31. The molecule has 0 unspecified atom stereocenters. The highest BCUT2D eigenvalue weighted by atomic mass is 16.4. The molecule has 0 aromatic carbocycles. The third kappa shape index (κ3) is 15.8. The molecule has 0 rings (SSSR count). The third-order valence-electron chi connectivity index (χ3n) is 0.659. The van der Waals surface area contributed by atoms with E-state index in [9.17, 15) is 14.4 Å². The molecule has 0 bridgehead atoms. The summed E-state index contributed by atoms with van der Waals surface area (Å²) < 4.78 is 0. The molecule has 12 heavy (non-hydrogen) atoms. The van der Waals surface area contributed by atoms with Crippen molar-refractivity contribution in [3.63, 3.8) is 0 Å². The van der Waals surface area contributed by atoms with Crippen molar-refractivity contribution in [2.75, 3.05) is 6.54 Å². The Morgan fingerprint density at radius 2 is 1.58 bits per heavy atom. The van der Waals surface area contributed by atoms with Gasteiger partial charge in [-0.05, 0) is 0 Å². The molecule has 0 radical (unpaired) electrons. The van der Waals surface area contributed by atoms with Gasteiger partial charge in [0.25, 0.3) is 0 Å². The monoisotopic (exact) mass is 177 g/mol. The van der Waals surface area contributed by atoms with Gasteiger partial charge in [-0.15, -0.1) is 0 Å². The van der Waals surface area contributed by atoms with Crippen LogP contribution in [0.1, 0.15) is 13.3 Å². The maximum absolute atomic E-state index is 9.54. The molecule has 0 saturated heterocycles. The molecule has 0 spiro atoms. The first kappa shape index (κ1) is 13.2. The first-order valence-electron chi connectivity index (χ1n) is 3.07. The fourth-order valence-electron chi connectivity index (χ4n) is 0.123. The van der Waals surface area contributed by atoms with Gasteiger partial charge in [0.05, 0.1) is 6.42 Å². The second kappa shape index (κ2) is 7.67. The molecule has 0 aromatic rings. The molecule has 6 heteroatoms. The summed E-state index contributed by atoms with van der Waals surface area (Å²) in [5.41, 5.74) is 4.85. The number of ketones is 1. The Morgan fingerprint density at radius 3 is 1.58 bits per heavy atom. The largest absolute Gasteiger partial charge is 0.481 e. The number of hydrogen-bond donors (Lipinski definition) is 3. The highest BCUT2D eigenvalue weighted by Crippen LogP contribution is 1.67. The lowest BCUT2D eigenvalue weighted by atomic mass is 10.5. The lowest BCUT2D eigenvalue weighted by Crippen LogP contribution is -2.05. The van der Waals surface area contributed by atoms with Crippen LogP contribution >= 0.6 is 0 Å². The molecule has 70 valence electrons. The maximum Gasteiger partial charge on any atom is 0.371 e. The van der Waals surface area contributed by atoms with Crippen LogP contribution in [0.4, 0.5) is 0 Å². The van der Waals surface area contributed by atoms with Gasteiger partial charge < -0.3 is 15.9 Å². The Kier molecular flexibility index (Phi) is 8.43. The van der Waals surface area contributed by atoms with Crippen LogP contribution in [0.25, 0.3) is 0 Å². The van der Waals surface area contributed by atoms with E-state index >= 15 is 0 Å². The minimum atomic E-state index is -1.38. The molecule has 0 heterocycles. The molecule has 0 aliphatic heterocycles. The summed E-state index contributed by atoms with van der Waals surface area (Å²) in [4.78, 5) is 28.4. The summed E-state index contributed by atoms with van der Waals surface area (Å²) in [6.07, 6.45) is 0.0694. The SMILES string of the molecule is CC(=O)C(=O)O.NCCC(=O)O. The fraction of sp³-hybridized carbons (Fsp3) is 0.500. The minimum absolute atomic E-state index is 0.0694. The number of carbonyl (C=O) groups excluding carboxylic acids is 1. The number of hydrogen-bond acceptors (Lipinski definition) is 4. The van der Waals surface area contributed by atoms with E-state index in [-0.39, 0.29) is 13.0 Å². The van der Waals surface area contributed by atoms with Gasteiger partial charge in [-0.3, -0.25) is 9.59 Å². The van der Waals surface area contributed by atoms with E-state index in [1.165, 1.54) is 0 Å². The standard InChI is InChI=1S/C3H7NO2.C3H4O3/c4-2-1-3(5)6;1-2(4)3(5)6/h1-2,4H2,(H,5,6);1H3,(H,5,6). The van der Waals surface area contributed by atoms with E-state index < -0.39 is 17.7 Å². The second-order valence-corrected chi connectivity index (χ2v) is 1.79. The average molecular weight is 177 g/mol. The molecule has 0 atom stereocenters. The first-order valence-corrected chi connectivity index (χ1v) is 3.07. The molecule has 0 amide bonds. The van der Waals surface area contributed by atoms with Crippen LogP contribution in [0.2, 0.25) is 0 Å². The number of carbonyl (C=O) groups is 3. The summed E-state index contributed by atoms with van der Waals surface area (Å²) in [6, 6.07) is 0. The van der Waals surface area contributed by atoms with Crippen molar-refractivity contribution in [1.29, 1.82) is 0 Å². The van der Waals surface area contributed by atoms with Gasteiger partial charge in [-0.25, -0.2) is 4.79 Å². The fourth-order valence-corrected chi connectivity index (χ4v) is 0.123. The zero-order valence-corrected chi connectivity index (χ0v) is 6.61. The molecule has 0 aromatic heterocycles. The third-order valence-corrected chi connectivity index (χ3v) is 0.659. The van der Waals surface area contributed by atoms with Crippen molar-refractivity contribution in [2.45, 2.75) is 13.3 Å². The van der Waals surface area contributed by atoms with Gasteiger partial charge in [0.1, 0.15) is 0 Å². The van der Waals surface area contributed by atoms with Crippen LogP contribution in [-0.4, -0.2) is 34.5 Å². The number of Topliss-reactive ketones (excluding diaryl/α,β-unsaturated/α-hetero) is 1. The molecular formula is C6H11NO5. The van der Waals surface area contributed by atoms with Gasteiger partial charge >= 0.3 is 11.9 Å². The van der Waals surface area contributed by atoms with Gasteiger partial charge in [-0.2, -0.15) is 0 Å². The summed E-state index contributed by atoms with van der Waals surface area (Å²) >= 11 is 0. The van der Waals surface area contributed by atoms with Crippen molar-refractivity contribution in [3.8, 4) is 0 Å². The number of nitrogens with two attached hydrogens (primary N) is 1. The van der Waals surface area contributed by atoms with E-state index in [4.69, 9.17) is 15.9 Å². The Labute approximate surface area is 69.0 Å². The van der Waals surface area contributed by atoms with Crippen LogP contribution in [0, 0.1) is 0 Å². The Balaban J connectivity index is 0. The normalized spacial score (nSPS) is 7.83. The zero-order chi connectivity index (χ0) is 10.1. The second-order valence-electron chi connectivity index (χ2n) is 1.79. The van der Waals surface area contributed by atoms with Crippen molar-refractivity contribution in [3.05, 3.63) is 0 Å². The summed E-state index contributed by atoms with van der Waals surface area (Å²) in [5, 5.41) is 15.5.